The summed E-state index contributed by atoms with van der Waals surface area (Å²) in [5.41, 5.74) is 0.502. The van der Waals surface area contributed by atoms with Gasteiger partial charge in [-0.15, -0.1) is 0 Å². The number of carbonyl (C=O) groups excluding carboxylic acids is 1. The molecule has 1 unspecified atom stereocenters. The zero-order chi connectivity index (χ0) is 16.7. The van der Waals surface area contributed by atoms with Crippen LogP contribution in [0.1, 0.15) is 43.7 Å². The number of urea groups is 1. The molecule has 5 nitrogen and oxygen atoms in total. The van der Waals surface area contributed by atoms with Crippen LogP contribution in [0.5, 0.6) is 0 Å². The van der Waals surface area contributed by atoms with Crippen molar-refractivity contribution in [3.05, 3.63) is 34.9 Å². The molecule has 0 aliphatic heterocycles. The first-order valence-corrected chi connectivity index (χ1v) is 8.40. The summed E-state index contributed by atoms with van der Waals surface area (Å²) in [4.78, 5) is 12.4. The van der Waals surface area contributed by atoms with E-state index < -0.39 is 5.54 Å². The number of methoxy groups -OCH3 is 1. The van der Waals surface area contributed by atoms with Gasteiger partial charge in [0.25, 0.3) is 0 Å². The van der Waals surface area contributed by atoms with E-state index in [1.807, 2.05) is 24.3 Å². The molecule has 0 aromatic heterocycles. The first kappa shape index (κ1) is 18.0. The molecule has 3 N–H and O–H groups in total. The fraction of sp³-hybridized carbons (Fsp3) is 0.588. The van der Waals surface area contributed by atoms with Crippen molar-refractivity contribution in [2.24, 2.45) is 0 Å². The minimum absolute atomic E-state index is 0.0237. The maximum atomic E-state index is 12.4. The predicted molar refractivity (Wildman–Crippen MR) is 90.6 cm³/mol. The van der Waals surface area contributed by atoms with E-state index in [0.29, 0.717) is 18.1 Å². The normalized spacial score (nSPS) is 17.7. The molecule has 0 radical (unpaired) electrons. The van der Waals surface area contributed by atoms with Crippen LogP contribution < -0.4 is 10.6 Å². The van der Waals surface area contributed by atoms with E-state index in [4.69, 9.17) is 16.3 Å². The largest absolute Gasteiger partial charge is 0.394 e. The molecule has 1 aliphatic rings. The lowest BCUT2D eigenvalue weighted by molar-refractivity contribution is 0.158. The maximum Gasteiger partial charge on any atom is 0.315 e. The van der Waals surface area contributed by atoms with Crippen molar-refractivity contribution < 1.29 is 14.6 Å². The Morgan fingerprint density at radius 2 is 2.00 bits per heavy atom. The van der Waals surface area contributed by atoms with Crippen molar-refractivity contribution in [3.63, 3.8) is 0 Å². The van der Waals surface area contributed by atoms with Crippen molar-refractivity contribution in [1.29, 1.82) is 0 Å². The zero-order valence-corrected chi connectivity index (χ0v) is 14.2. The Kier molecular flexibility index (Phi) is 6.69. The van der Waals surface area contributed by atoms with Crippen molar-refractivity contribution in [3.8, 4) is 0 Å². The summed E-state index contributed by atoms with van der Waals surface area (Å²) in [5, 5.41) is 16.2. The third-order valence-electron chi connectivity index (χ3n) is 4.43. The molecule has 1 atom stereocenters. The van der Waals surface area contributed by atoms with E-state index in [9.17, 15) is 9.90 Å². The highest BCUT2D eigenvalue weighted by atomic mass is 35.5. The summed E-state index contributed by atoms with van der Waals surface area (Å²) >= 11 is 5.92. The summed E-state index contributed by atoms with van der Waals surface area (Å²) in [5.74, 6) is 0. The molecule has 0 bridgehead atoms. The molecule has 0 spiro atoms. The van der Waals surface area contributed by atoms with Gasteiger partial charge in [0, 0.05) is 18.7 Å². The monoisotopic (exact) mass is 340 g/mol. The van der Waals surface area contributed by atoms with E-state index in [2.05, 4.69) is 10.6 Å². The van der Waals surface area contributed by atoms with Gasteiger partial charge in [0.15, 0.2) is 0 Å². The van der Waals surface area contributed by atoms with E-state index >= 15 is 0 Å². The molecular weight excluding hydrogens is 316 g/mol. The van der Waals surface area contributed by atoms with Gasteiger partial charge in [-0.2, -0.15) is 0 Å². The van der Waals surface area contributed by atoms with Gasteiger partial charge >= 0.3 is 6.03 Å². The second kappa shape index (κ2) is 8.52. The van der Waals surface area contributed by atoms with Crippen LogP contribution >= 0.6 is 11.6 Å². The Hall–Kier alpha value is -1.30. The third-order valence-corrected chi connectivity index (χ3v) is 4.68. The number of rotatable bonds is 7. The SMILES string of the molecule is COCCC(NC(=O)NC1(CO)CCCC1)c1ccc(Cl)cc1. The van der Waals surface area contributed by atoms with Crippen molar-refractivity contribution in [2.45, 2.75) is 43.7 Å². The molecule has 1 aromatic rings. The van der Waals surface area contributed by atoms with Crippen LogP contribution in [0, 0.1) is 0 Å². The fourth-order valence-electron chi connectivity index (χ4n) is 3.06. The first-order valence-electron chi connectivity index (χ1n) is 8.02. The molecule has 2 rings (SSSR count). The van der Waals surface area contributed by atoms with Crippen LogP contribution in [-0.2, 0) is 4.74 Å². The fourth-order valence-corrected chi connectivity index (χ4v) is 3.19. The summed E-state index contributed by atoms with van der Waals surface area (Å²) in [6.45, 7) is 0.517. The number of ether oxygens (including phenoxy) is 1. The highest BCUT2D eigenvalue weighted by molar-refractivity contribution is 6.30. The van der Waals surface area contributed by atoms with Crippen molar-refractivity contribution in [2.75, 3.05) is 20.3 Å². The minimum atomic E-state index is -0.476. The lowest BCUT2D eigenvalue weighted by Gasteiger charge is -2.29. The Morgan fingerprint density at radius 1 is 1.35 bits per heavy atom. The summed E-state index contributed by atoms with van der Waals surface area (Å²) < 4.78 is 5.14. The highest BCUT2D eigenvalue weighted by Crippen LogP contribution is 2.29. The second-order valence-corrected chi connectivity index (χ2v) is 6.57. The topological polar surface area (TPSA) is 70.6 Å². The Bertz CT molecular complexity index is 501. The maximum absolute atomic E-state index is 12.4. The van der Waals surface area contributed by atoms with E-state index in [0.717, 1.165) is 31.2 Å². The molecule has 1 fully saturated rings. The molecule has 2 amide bonds. The zero-order valence-electron chi connectivity index (χ0n) is 13.5. The second-order valence-electron chi connectivity index (χ2n) is 6.13. The lowest BCUT2D eigenvalue weighted by Crippen LogP contribution is -2.53. The quantitative estimate of drug-likeness (QED) is 0.714. The molecule has 1 saturated carbocycles. The van der Waals surface area contributed by atoms with E-state index in [1.54, 1.807) is 7.11 Å². The third kappa shape index (κ3) is 5.09. The molecule has 6 heteroatoms. The number of hydrogen-bond acceptors (Lipinski definition) is 3. The van der Waals surface area contributed by atoms with Crippen LogP contribution in [0.4, 0.5) is 4.79 Å². The Labute approximate surface area is 142 Å². The smallest absolute Gasteiger partial charge is 0.315 e. The van der Waals surface area contributed by atoms with Crippen molar-refractivity contribution >= 4 is 17.6 Å². The van der Waals surface area contributed by atoms with E-state index in [1.165, 1.54) is 0 Å². The standard InChI is InChI=1S/C17H25ClN2O3/c1-23-11-8-15(13-4-6-14(18)7-5-13)19-16(22)20-17(12-21)9-2-3-10-17/h4-7,15,21H,2-3,8-12H2,1H3,(H2,19,20,22). The van der Waals surface area contributed by atoms with Gasteiger partial charge in [0.1, 0.15) is 0 Å². The molecule has 1 aliphatic carbocycles. The van der Waals surface area contributed by atoms with Gasteiger partial charge in [-0.05, 0) is 37.0 Å². The number of benzene rings is 1. The van der Waals surface area contributed by atoms with Crippen LogP contribution in [0.2, 0.25) is 5.02 Å². The van der Waals surface area contributed by atoms with Crippen molar-refractivity contribution in [1.82, 2.24) is 10.6 Å². The van der Waals surface area contributed by atoms with Gasteiger partial charge in [-0.1, -0.05) is 36.6 Å². The Morgan fingerprint density at radius 3 is 2.57 bits per heavy atom. The number of hydrogen-bond donors (Lipinski definition) is 3. The number of nitrogens with one attached hydrogen (secondary N) is 2. The van der Waals surface area contributed by atoms with Gasteiger partial charge in [0.2, 0.25) is 0 Å². The Balaban J connectivity index is 2.01. The minimum Gasteiger partial charge on any atom is -0.394 e. The number of aliphatic hydroxyl groups excluding tert-OH is 1. The molecule has 0 saturated heterocycles. The molecule has 128 valence electrons. The first-order chi connectivity index (χ1) is 11.1. The van der Waals surface area contributed by atoms with Gasteiger partial charge < -0.3 is 20.5 Å². The summed E-state index contributed by atoms with van der Waals surface area (Å²) in [6.07, 6.45) is 4.37. The number of amides is 2. The van der Waals surface area contributed by atoms with Gasteiger partial charge in [0.05, 0.1) is 18.2 Å². The number of carbonyl (C=O) groups is 1. The van der Waals surface area contributed by atoms with Crippen LogP contribution in [0.3, 0.4) is 0 Å². The van der Waals surface area contributed by atoms with E-state index in [-0.39, 0.29) is 18.7 Å². The summed E-state index contributed by atoms with van der Waals surface area (Å²) in [7, 11) is 1.64. The number of aliphatic hydroxyl groups is 1. The molecule has 1 aromatic carbocycles. The van der Waals surface area contributed by atoms with Gasteiger partial charge in [-0.25, -0.2) is 4.79 Å². The predicted octanol–water partition coefficient (Wildman–Crippen LogP) is 3.02. The average molecular weight is 341 g/mol. The average Bonchev–Trinajstić information content (AvgIpc) is 3.01. The van der Waals surface area contributed by atoms with Crippen LogP contribution in [-0.4, -0.2) is 37.0 Å². The van der Waals surface area contributed by atoms with Gasteiger partial charge in [-0.3, -0.25) is 0 Å². The molecular formula is C17H25ClN2O3. The number of halogens is 1. The van der Waals surface area contributed by atoms with Crippen LogP contribution in [0.15, 0.2) is 24.3 Å². The molecule has 0 heterocycles. The highest BCUT2D eigenvalue weighted by Gasteiger charge is 2.35. The lowest BCUT2D eigenvalue weighted by atomic mass is 9.99. The summed E-state index contributed by atoms with van der Waals surface area (Å²) in [6, 6.07) is 7.01. The molecule has 23 heavy (non-hydrogen) atoms. The van der Waals surface area contributed by atoms with Crippen LogP contribution in [0.25, 0.3) is 0 Å².